The summed E-state index contributed by atoms with van der Waals surface area (Å²) in [5, 5.41) is 13.9. The van der Waals surface area contributed by atoms with Crippen LogP contribution in [0.4, 0.5) is 13.2 Å². The van der Waals surface area contributed by atoms with E-state index in [4.69, 9.17) is 14.3 Å². The zero-order valence-electron chi connectivity index (χ0n) is 13.7. The van der Waals surface area contributed by atoms with Gasteiger partial charge < -0.3 is 14.8 Å². The number of halogens is 3. The molecule has 11 heteroatoms. The van der Waals surface area contributed by atoms with Crippen LogP contribution >= 0.6 is 0 Å². The van der Waals surface area contributed by atoms with Gasteiger partial charge in [-0.2, -0.15) is 18.3 Å². The molecule has 2 heterocycles. The second kappa shape index (κ2) is 8.31. The van der Waals surface area contributed by atoms with E-state index in [1.165, 1.54) is 6.33 Å². The molecule has 25 heavy (non-hydrogen) atoms. The Balaban J connectivity index is 0.000000381. The van der Waals surface area contributed by atoms with Crippen LogP contribution in [0.3, 0.4) is 0 Å². The lowest BCUT2D eigenvalue weighted by molar-refractivity contribution is -0.192. The van der Waals surface area contributed by atoms with Gasteiger partial charge in [0.1, 0.15) is 23.7 Å². The summed E-state index contributed by atoms with van der Waals surface area (Å²) in [5.74, 6) is -0.649. The van der Waals surface area contributed by atoms with Crippen LogP contribution in [-0.2, 0) is 18.3 Å². The summed E-state index contributed by atoms with van der Waals surface area (Å²) in [7, 11) is 1.83. The van der Waals surface area contributed by atoms with Crippen molar-refractivity contribution in [2.24, 2.45) is 7.05 Å². The van der Waals surface area contributed by atoms with Crippen LogP contribution in [0.15, 0.2) is 16.8 Å². The third-order valence-electron chi connectivity index (χ3n) is 2.97. The van der Waals surface area contributed by atoms with Gasteiger partial charge >= 0.3 is 12.1 Å². The minimum absolute atomic E-state index is 0.119. The zero-order valence-corrected chi connectivity index (χ0v) is 13.7. The Morgan fingerprint density at radius 3 is 2.36 bits per heavy atom. The first-order valence-electron chi connectivity index (χ1n) is 7.00. The van der Waals surface area contributed by atoms with Gasteiger partial charge in [-0.1, -0.05) is 0 Å². The number of hydrogen-bond donors (Lipinski definition) is 2. The summed E-state index contributed by atoms with van der Waals surface area (Å²) >= 11 is 0. The normalized spacial score (nSPS) is 10.8. The summed E-state index contributed by atoms with van der Waals surface area (Å²) in [6.07, 6.45) is -2.93. The maximum Gasteiger partial charge on any atom is 0.490 e. The largest absolute Gasteiger partial charge is 0.490 e. The maximum absolute atomic E-state index is 11.9. The number of aryl methyl sites for hydroxylation is 3. The molecule has 0 bridgehead atoms. The summed E-state index contributed by atoms with van der Waals surface area (Å²) in [6, 6.07) is 1.74. The van der Waals surface area contributed by atoms with Crippen molar-refractivity contribution in [3.05, 3.63) is 35.3 Å². The number of rotatable bonds is 4. The van der Waals surface area contributed by atoms with Crippen molar-refractivity contribution in [2.75, 3.05) is 6.54 Å². The highest BCUT2D eigenvalue weighted by Gasteiger charge is 2.38. The first-order chi connectivity index (χ1) is 11.5. The molecule has 8 nitrogen and oxygen atoms in total. The molecule has 0 radical (unpaired) electrons. The molecule has 2 aromatic heterocycles. The molecule has 2 aromatic rings. The molecule has 2 N–H and O–H groups in total. The summed E-state index contributed by atoms with van der Waals surface area (Å²) in [5.41, 5.74) is 0.588. The highest BCUT2D eigenvalue weighted by molar-refractivity contribution is 5.95. The predicted octanol–water partition coefficient (Wildman–Crippen LogP) is 1.63. The van der Waals surface area contributed by atoms with Crippen LogP contribution in [0.2, 0.25) is 0 Å². The van der Waals surface area contributed by atoms with E-state index in [0.717, 1.165) is 11.6 Å². The summed E-state index contributed by atoms with van der Waals surface area (Å²) < 4.78 is 38.7. The Hall–Kier alpha value is -2.85. The van der Waals surface area contributed by atoms with Gasteiger partial charge in [-0.15, -0.1) is 0 Å². The number of carbonyl (C=O) groups is 2. The highest BCUT2D eigenvalue weighted by Crippen LogP contribution is 2.13. The van der Waals surface area contributed by atoms with Gasteiger partial charge in [-0.05, 0) is 19.9 Å². The molecule has 0 saturated heterocycles. The van der Waals surface area contributed by atoms with Crippen LogP contribution in [-0.4, -0.2) is 44.5 Å². The molecule has 0 saturated carbocycles. The van der Waals surface area contributed by atoms with E-state index in [9.17, 15) is 18.0 Å². The van der Waals surface area contributed by atoms with Crippen LogP contribution in [0.5, 0.6) is 0 Å². The zero-order chi connectivity index (χ0) is 19.2. The average Bonchev–Trinajstić information content (AvgIpc) is 3.04. The number of nitrogens with zero attached hydrogens (tertiary/aromatic N) is 3. The highest BCUT2D eigenvalue weighted by atomic mass is 19.4. The second-order valence-electron chi connectivity index (χ2n) is 4.94. The quantitative estimate of drug-likeness (QED) is 0.855. The number of furan rings is 1. The Morgan fingerprint density at radius 2 is 1.96 bits per heavy atom. The number of aliphatic carboxylic acids is 1. The lowest BCUT2D eigenvalue weighted by Gasteiger charge is -2.03. The van der Waals surface area contributed by atoms with E-state index >= 15 is 0 Å². The average molecular weight is 362 g/mol. The fourth-order valence-corrected chi connectivity index (χ4v) is 1.79. The van der Waals surface area contributed by atoms with Crippen LogP contribution in [0.25, 0.3) is 0 Å². The molecule has 1 amide bonds. The molecule has 2 rings (SSSR count). The Labute approximate surface area is 140 Å². The molecule has 0 aliphatic rings. The number of carboxylic acids is 1. The minimum atomic E-state index is -5.08. The van der Waals surface area contributed by atoms with Crippen molar-refractivity contribution in [1.82, 2.24) is 20.1 Å². The molecule has 0 aliphatic carbocycles. The number of aromatic nitrogens is 3. The monoisotopic (exact) mass is 362 g/mol. The molecule has 0 atom stereocenters. The third-order valence-corrected chi connectivity index (χ3v) is 2.97. The van der Waals surface area contributed by atoms with Crippen molar-refractivity contribution in [2.45, 2.75) is 26.4 Å². The van der Waals surface area contributed by atoms with E-state index in [0.29, 0.717) is 24.3 Å². The topological polar surface area (TPSA) is 110 Å². The maximum atomic E-state index is 11.9. The van der Waals surface area contributed by atoms with Crippen molar-refractivity contribution >= 4 is 11.9 Å². The first-order valence-corrected chi connectivity index (χ1v) is 7.00. The van der Waals surface area contributed by atoms with E-state index in [2.05, 4.69) is 15.4 Å². The molecular formula is C14H17F3N4O4. The number of amides is 1. The standard InChI is InChI=1S/C12H16N4O2.C2HF3O2/c1-8-6-10(9(2)18-8)12(17)13-5-4-11-14-7-15-16(11)3;3-2(4,5)1(6)7/h6-7H,4-5H2,1-3H3,(H,13,17);(H,6,7). The fourth-order valence-electron chi connectivity index (χ4n) is 1.79. The summed E-state index contributed by atoms with van der Waals surface area (Å²) in [6.45, 7) is 4.13. The molecule has 138 valence electrons. The molecule has 0 spiro atoms. The minimum Gasteiger partial charge on any atom is -0.475 e. The fraction of sp³-hybridized carbons (Fsp3) is 0.429. The van der Waals surface area contributed by atoms with Crippen molar-refractivity contribution in [3.8, 4) is 0 Å². The second-order valence-corrected chi connectivity index (χ2v) is 4.94. The molecule has 0 aliphatic heterocycles. The van der Waals surface area contributed by atoms with Gasteiger partial charge in [-0.25, -0.2) is 9.78 Å². The number of hydrogen-bond acceptors (Lipinski definition) is 5. The van der Waals surface area contributed by atoms with Crippen LogP contribution in [0, 0.1) is 13.8 Å². The first kappa shape index (κ1) is 20.2. The van der Waals surface area contributed by atoms with Crippen molar-refractivity contribution in [1.29, 1.82) is 0 Å². The van der Waals surface area contributed by atoms with E-state index in [-0.39, 0.29) is 5.91 Å². The Bertz CT molecular complexity index is 737. The molecular weight excluding hydrogens is 345 g/mol. The van der Waals surface area contributed by atoms with E-state index in [1.54, 1.807) is 17.7 Å². The SMILES string of the molecule is Cc1cc(C(=O)NCCc2ncnn2C)c(C)o1.O=C(O)C(F)(F)F. The van der Waals surface area contributed by atoms with E-state index < -0.39 is 12.1 Å². The molecule has 0 unspecified atom stereocenters. The van der Waals surface area contributed by atoms with E-state index in [1.807, 2.05) is 14.0 Å². The number of nitrogens with one attached hydrogen (secondary N) is 1. The van der Waals surface area contributed by atoms with Gasteiger partial charge in [0.05, 0.1) is 5.56 Å². The lowest BCUT2D eigenvalue weighted by Crippen LogP contribution is -2.26. The number of carbonyl (C=O) groups excluding carboxylic acids is 1. The van der Waals surface area contributed by atoms with Gasteiger partial charge in [-0.3, -0.25) is 9.48 Å². The number of alkyl halides is 3. The predicted molar refractivity (Wildman–Crippen MR) is 78.9 cm³/mol. The molecule has 0 aromatic carbocycles. The Morgan fingerprint density at radius 1 is 1.36 bits per heavy atom. The van der Waals surface area contributed by atoms with Gasteiger partial charge in [0, 0.05) is 20.0 Å². The van der Waals surface area contributed by atoms with Crippen LogP contribution < -0.4 is 5.32 Å². The van der Waals surface area contributed by atoms with Gasteiger partial charge in [0.25, 0.3) is 5.91 Å². The molecule has 0 fully saturated rings. The Kier molecular flexibility index (Phi) is 6.71. The smallest absolute Gasteiger partial charge is 0.475 e. The lowest BCUT2D eigenvalue weighted by atomic mass is 10.2. The van der Waals surface area contributed by atoms with Crippen LogP contribution in [0.1, 0.15) is 27.7 Å². The van der Waals surface area contributed by atoms with Gasteiger partial charge in [0.2, 0.25) is 0 Å². The van der Waals surface area contributed by atoms with Gasteiger partial charge in [0.15, 0.2) is 0 Å². The van der Waals surface area contributed by atoms with Crippen molar-refractivity contribution < 1.29 is 32.3 Å². The van der Waals surface area contributed by atoms with Crippen molar-refractivity contribution in [3.63, 3.8) is 0 Å². The third kappa shape index (κ3) is 6.28. The summed E-state index contributed by atoms with van der Waals surface area (Å²) in [4.78, 5) is 24.9. The number of carboxylic acid groups (broad SMARTS) is 1.